The summed E-state index contributed by atoms with van der Waals surface area (Å²) in [5.41, 5.74) is 0. The zero-order valence-corrected chi connectivity index (χ0v) is 8.45. The van der Waals surface area contributed by atoms with E-state index in [-0.39, 0.29) is 12.7 Å². The maximum Gasteiger partial charge on any atom is 0.0533 e. The summed E-state index contributed by atoms with van der Waals surface area (Å²) in [5, 5.41) is 16.5. The van der Waals surface area contributed by atoms with Gasteiger partial charge in [0.05, 0.1) is 6.10 Å². The first-order chi connectivity index (χ1) is 5.60. The van der Waals surface area contributed by atoms with E-state index in [0.717, 1.165) is 0 Å². The molecule has 0 aromatic carbocycles. The molecule has 74 valence electrons. The first kappa shape index (κ1) is 17.5. The highest BCUT2D eigenvalue weighted by Gasteiger charge is 1.88. The second-order valence-corrected chi connectivity index (χ2v) is 2.18. The van der Waals surface area contributed by atoms with Crippen LogP contribution in [0.5, 0.6) is 0 Å². The van der Waals surface area contributed by atoms with E-state index in [9.17, 15) is 0 Å². The third-order valence-electron chi connectivity index (χ3n) is 0.547. The lowest BCUT2D eigenvalue weighted by Gasteiger charge is -1.95. The summed E-state index contributed by atoms with van der Waals surface area (Å²) in [5.74, 6) is 0. The number of hydrogen-bond acceptors (Lipinski definition) is 2. The Morgan fingerprint density at radius 1 is 1.25 bits per heavy atom. The molecule has 2 heteroatoms. The molecule has 2 nitrogen and oxygen atoms in total. The van der Waals surface area contributed by atoms with Crippen molar-refractivity contribution < 1.29 is 10.2 Å². The van der Waals surface area contributed by atoms with Gasteiger partial charge in [-0.2, -0.15) is 0 Å². The summed E-state index contributed by atoms with van der Waals surface area (Å²) in [6.45, 7) is 12.2. The SMILES string of the molecule is C=CC.C=CC.CC(O)CCO. The van der Waals surface area contributed by atoms with Gasteiger partial charge in [-0.15, -0.1) is 13.2 Å². The van der Waals surface area contributed by atoms with Crippen molar-refractivity contribution >= 4 is 0 Å². The van der Waals surface area contributed by atoms with Crippen molar-refractivity contribution in [3.8, 4) is 0 Å². The first-order valence-electron chi connectivity index (χ1n) is 4.03. The number of aliphatic hydroxyl groups excluding tert-OH is 2. The molecular weight excluding hydrogens is 152 g/mol. The fourth-order valence-electron chi connectivity index (χ4n) is 0.187. The van der Waals surface area contributed by atoms with Gasteiger partial charge in [0.25, 0.3) is 0 Å². The minimum absolute atomic E-state index is 0.0810. The lowest BCUT2D eigenvalue weighted by Crippen LogP contribution is -2.00. The fourth-order valence-corrected chi connectivity index (χ4v) is 0.187. The smallest absolute Gasteiger partial charge is 0.0533 e. The fraction of sp³-hybridized carbons (Fsp3) is 0.600. The highest BCUT2D eigenvalue weighted by molar-refractivity contribution is 4.51. The van der Waals surface area contributed by atoms with Crippen molar-refractivity contribution in [1.29, 1.82) is 0 Å². The minimum atomic E-state index is -0.352. The lowest BCUT2D eigenvalue weighted by molar-refractivity contribution is 0.148. The highest BCUT2D eigenvalue weighted by Crippen LogP contribution is 1.83. The maximum atomic E-state index is 8.39. The van der Waals surface area contributed by atoms with E-state index in [0.29, 0.717) is 6.42 Å². The molecule has 0 fully saturated rings. The van der Waals surface area contributed by atoms with Gasteiger partial charge in [0.15, 0.2) is 0 Å². The Morgan fingerprint density at radius 2 is 1.50 bits per heavy atom. The molecule has 2 N–H and O–H groups in total. The van der Waals surface area contributed by atoms with Gasteiger partial charge >= 0.3 is 0 Å². The van der Waals surface area contributed by atoms with Gasteiger partial charge in [-0.25, -0.2) is 0 Å². The van der Waals surface area contributed by atoms with Gasteiger partial charge < -0.3 is 10.2 Å². The summed E-state index contributed by atoms with van der Waals surface area (Å²) in [4.78, 5) is 0. The molecule has 0 saturated heterocycles. The van der Waals surface area contributed by atoms with E-state index in [2.05, 4.69) is 13.2 Å². The Balaban J connectivity index is -0.000000115. The second-order valence-electron chi connectivity index (χ2n) is 2.18. The quantitative estimate of drug-likeness (QED) is 0.630. The van der Waals surface area contributed by atoms with Crippen LogP contribution in [0, 0.1) is 0 Å². The van der Waals surface area contributed by atoms with E-state index >= 15 is 0 Å². The van der Waals surface area contributed by atoms with Crippen LogP contribution in [0.15, 0.2) is 25.3 Å². The molecule has 0 saturated carbocycles. The number of hydrogen-bond donors (Lipinski definition) is 2. The molecule has 0 amide bonds. The molecule has 0 heterocycles. The monoisotopic (exact) mass is 174 g/mol. The van der Waals surface area contributed by atoms with Gasteiger partial charge in [0.1, 0.15) is 0 Å². The van der Waals surface area contributed by atoms with Crippen molar-refractivity contribution in [3.63, 3.8) is 0 Å². The van der Waals surface area contributed by atoms with Gasteiger partial charge in [-0.05, 0) is 27.2 Å². The zero-order valence-electron chi connectivity index (χ0n) is 8.45. The molecule has 0 rings (SSSR count). The van der Waals surface area contributed by atoms with Crippen LogP contribution < -0.4 is 0 Å². The molecule has 1 unspecified atom stereocenters. The van der Waals surface area contributed by atoms with Crippen LogP contribution >= 0.6 is 0 Å². The topological polar surface area (TPSA) is 40.5 Å². The van der Waals surface area contributed by atoms with Gasteiger partial charge in [-0.3, -0.25) is 0 Å². The molecule has 0 aliphatic heterocycles. The van der Waals surface area contributed by atoms with E-state index in [1.54, 1.807) is 19.1 Å². The largest absolute Gasteiger partial charge is 0.396 e. The van der Waals surface area contributed by atoms with Gasteiger partial charge in [-0.1, -0.05) is 12.2 Å². The summed E-state index contributed by atoms with van der Waals surface area (Å²) >= 11 is 0. The summed E-state index contributed by atoms with van der Waals surface area (Å²) in [7, 11) is 0. The van der Waals surface area contributed by atoms with Crippen LogP contribution in [0.3, 0.4) is 0 Å². The Hall–Kier alpha value is -0.600. The van der Waals surface area contributed by atoms with Crippen LogP contribution in [0.1, 0.15) is 27.2 Å². The number of aliphatic hydroxyl groups is 2. The first-order valence-corrected chi connectivity index (χ1v) is 4.03. The molecule has 0 aliphatic rings. The van der Waals surface area contributed by atoms with Crippen LogP contribution in [-0.4, -0.2) is 22.9 Å². The van der Waals surface area contributed by atoms with Crippen molar-refractivity contribution in [2.24, 2.45) is 0 Å². The van der Waals surface area contributed by atoms with E-state index in [4.69, 9.17) is 10.2 Å². The Kier molecular flexibility index (Phi) is 32.7. The highest BCUT2D eigenvalue weighted by atomic mass is 16.3. The molecule has 0 aliphatic carbocycles. The van der Waals surface area contributed by atoms with Crippen LogP contribution in [0.4, 0.5) is 0 Å². The van der Waals surface area contributed by atoms with E-state index < -0.39 is 0 Å². The van der Waals surface area contributed by atoms with Crippen LogP contribution in [-0.2, 0) is 0 Å². The normalized spacial score (nSPS) is 9.42. The third kappa shape index (κ3) is 115. The minimum Gasteiger partial charge on any atom is -0.396 e. The standard InChI is InChI=1S/C4H10O2.2C3H6/c1-4(6)2-3-5;2*1-3-2/h4-6H,2-3H2,1H3;2*3H,1H2,2H3. The van der Waals surface area contributed by atoms with E-state index in [1.165, 1.54) is 0 Å². The molecule has 0 aromatic heterocycles. The van der Waals surface area contributed by atoms with Gasteiger partial charge in [0, 0.05) is 6.61 Å². The predicted molar refractivity (Wildman–Crippen MR) is 55.1 cm³/mol. The Morgan fingerprint density at radius 3 is 1.50 bits per heavy atom. The molecule has 12 heavy (non-hydrogen) atoms. The molecule has 1 atom stereocenters. The lowest BCUT2D eigenvalue weighted by atomic mass is 10.3. The van der Waals surface area contributed by atoms with Crippen molar-refractivity contribution in [3.05, 3.63) is 25.3 Å². The van der Waals surface area contributed by atoms with Crippen molar-refractivity contribution in [1.82, 2.24) is 0 Å². The molecular formula is C10H22O2. The van der Waals surface area contributed by atoms with E-state index in [1.807, 2.05) is 13.8 Å². The average molecular weight is 174 g/mol. The Bertz CT molecular complexity index is 71.9. The molecule has 0 bridgehead atoms. The molecule has 0 spiro atoms. The molecule has 0 radical (unpaired) electrons. The number of rotatable bonds is 2. The third-order valence-corrected chi connectivity index (χ3v) is 0.547. The van der Waals surface area contributed by atoms with Crippen LogP contribution in [0.25, 0.3) is 0 Å². The second kappa shape index (κ2) is 22.4. The van der Waals surface area contributed by atoms with Gasteiger partial charge in [0.2, 0.25) is 0 Å². The van der Waals surface area contributed by atoms with Crippen molar-refractivity contribution in [2.45, 2.75) is 33.3 Å². The predicted octanol–water partition coefficient (Wildman–Crippen LogP) is 2.13. The van der Waals surface area contributed by atoms with Crippen molar-refractivity contribution in [2.75, 3.05) is 6.61 Å². The van der Waals surface area contributed by atoms with Crippen LogP contribution in [0.2, 0.25) is 0 Å². The average Bonchev–Trinajstić information content (AvgIpc) is 1.89. The maximum absolute atomic E-state index is 8.39. The zero-order chi connectivity index (χ0) is 10.4. The molecule has 0 aromatic rings. The number of allylic oxidation sites excluding steroid dienone is 2. The Labute approximate surface area is 76.2 Å². The summed E-state index contributed by atoms with van der Waals surface area (Å²) in [6, 6.07) is 0. The summed E-state index contributed by atoms with van der Waals surface area (Å²) < 4.78 is 0. The summed E-state index contributed by atoms with van der Waals surface area (Å²) in [6.07, 6.45) is 3.63.